The number of nitriles is 1. The van der Waals surface area contributed by atoms with E-state index in [4.69, 9.17) is 15.7 Å². The highest BCUT2D eigenvalue weighted by Gasteiger charge is 2.02. The van der Waals surface area contributed by atoms with E-state index in [-0.39, 0.29) is 0 Å². The minimum Gasteiger partial charge on any atom is -0.457 e. The van der Waals surface area contributed by atoms with Crippen molar-refractivity contribution in [3.8, 4) is 17.6 Å². The smallest absolute Gasteiger partial charge is 0.128 e. The molecule has 0 bridgehead atoms. The molecule has 0 spiro atoms. The molecule has 0 radical (unpaired) electrons. The van der Waals surface area contributed by atoms with Crippen molar-refractivity contribution in [2.45, 2.75) is 6.92 Å². The molecule has 3 nitrogen and oxygen atoms in total. The molecule has 0 amide bonds. The number of nitrogens with two attached hydrogens (primary N) is 1. The first-order valence-corrected chi connectivity index (χ1v) is 5.23. The van der Waals surface area contributed by atoms with Gasteiger partial charge in [-0.15, -0.1) is 0 Å². The number of hydrogen-bond donors (Lipinski definition) is 1. The highest BCUT2D eigenvalue weighted by atomic mass is 16.5. The summed E-state index contributed by atoms with van der Waals surface area (Å²) in [4.78, 5) is 0. The van der Waals surface area contributed by atoms with Crippen LogP contribution in [0.2, 0.25) is 0 Å². The van der Waals surface area contributed by atoms with E-state index in [9.17, 15) is 0 Å². The molecule has 0 aliphatic rings. The first kappa shape index (κ1) is 11.0. The number of aryl methyl sites for hydroxylation is 1. The van der Waals surface area contributed by atoms with Crippen LogP contribution in [0.25, 0.3) is 0 Å². The largest absolute Gasteiger partial charge is 0.457 e. The number of nitrogens with zero attached hydrogens (tertiary/aromatic N) is 1. The molecule has 0 saturated heterocycles. The lowest BCUT2D eigenvalue weighted by molar-refractivity contribution is 0.482. The molecular weight excluding hydrogens is 212 g/mol. The van der Waals surface area contributed by atoms with Crippen LogP contribution in [0, 0.1) is 18.3 Å². The predicted octanol–water partition coefficient (Wildman–Crippen LogP) is 3.24. The van der Waals surface area contributed by atoms with Gasteiger partial charge in [0.1, 0.15) is 17.6 Å². The van der Waals surface area contributed by atoms with Crippen LogP contribution in [0.4, 0.5) is 5.69 Å². The fourth-order valence-electron chi connectivity index (χ4n) is 1.44. The van der Waals surface area contributed by atoms with Crippen LogP contribution in [0.1, 0.15) is 11.1 Å². The molecule has 0 saturated carbocycles. The fourth-order valence-corrected chi connectivity index (χ4v) is 1.44. The maximum absolute atomic E-state index is 8.86. The van der Waals surface area contributed by atoms with Gasteiger partial charge >= 0.3 is 0 Å². The molecule has 0 aliphatic carbocycles. The van der Waals surface area contributed by atoms with Crippen molar-refractivity contribution >= 4 is 5.69 Å². The van der Waals surface area contributed by atoms with Crippen LogP contribution in [0.3, 0.4) is 0 Å². The molecule has 3 heteroatoms. The van der Waals surface area contributed by atoms with Gasteiger partial charge in [-0.1, -0.05) is 17.7 Å². The lowest BCUT2D eigenvalue weighted by atomic mass is 10.2. The molecule has 84 valence electrons. The van der Waals surface area contributed by atoms with E-state index >= 15 is 0 Å². The van der Waals surface area contributed by atoms with Gasteiger partial charge in [0.15, 0.2) is 0 Å². The topological polar surface area (TPSA) is 59.0 Å². The van der Waals surface area contributed by atoms with Gasteiger partial charge in [0.25, 0.3) is 0 Å². The second-order valence-electron chi connectivity index (χ2n) is 3.78. The summed E-state index contributed by atoms with van der Waals surface area (Å²) in [5, 5.41) is 8.86. The van der Waals surface area contributed by atoms with Gasteiger partial charge in [0, 0.05) is 11.8 Å². The van der Waals surface area contributed by atoms with Crippen molar-refractivity contribution in [1.82, 2.24) is 0 Å². The van der Waals surface area contributed by atoms with Crippen molar-refractivity contribution in [3.05, 3.63) is 53.6 Å². The minimum atomic E-state index is 0.426. The Labute approximate surface area is 100 Å². The van der Waals surface area contributed by atoms with Gasteiger partial charge in [-0.3, -0.25) is 0 Å². The van der Waals surface area contributed by atoms with Crippen molar-refractivity contribution in [3.63, 3.8) is 0 Å². The second kappa shape index (κ2) is 4.58. The highest BCUT2D eigenvalue weighted by Crippen LogP contribution is 2.24. The first-order chi connectivity index (χ1) is 8.19. The third-order valence-corrected chi connectivity index (χ3v) is 2.40. The second-order valence-corrected chi connectivity index (χ2v) is 3.78. The third kappa shape index (κ3) is 2.56. The van der Waals surface area contributed by atoms with Gasteiger partial charge in [-0.25, -0.2) is 0 Å². The van der Waals surface area contributed by atoms with Crippen LogP contribution in [0.5, 0.6) is 11.5 Å². The number of benzene rings is 2. The van der Waals surface area contributed by atoms with Gasteiger partial charge in [-0.05, 0) is 31.2 Å². The summed E-state index contributed by atoms with van der Waals surface area (Å²) in [5.74, 6) is 1.35. The van der Waals surface area contributed by atoms with Crippen molar-refractivity contribution in [1.29, 1.82) is 5.26 Å². The molecule has 2 N–H and O–H groups in total. The van der Waals surface area contributed by atoms with E-state index in [0.717, 1.165) is 5.75 Å². The standard InChI is InChI=1S/C14H12N2O/c1-10-2-4-12(5-3-10)17-13-6-7-14(16)11(8-13)9-15/h2-8H,16H2,1H3. The number of hydrogen-bond acceptors (Lipinski definition) is 3. The summed E-state index contributed by atoms with van der Waals surface area (Å²) < 4.78 is 5.62. The van der Waals surface area contributed by atoms with E-state index in [1.54, 1.807) is 18.2 Å². The zero-order valence-electron chi connectivity index (χ0n) is 9.47. The van der Waals surface area contributed by atoms with Gasteiger partial charge in [-0.2, -0.15) is 5.26 Å². The van der Waals surface area contributed by atoms with Crippen LogP contribution in [0.15, 0.2) is 42.5 Å². The molecule has 2 aromatic rings. The van der Waals surface area contributed by atoms with E-state index < -0.39 is 0 Å². The molecule has 0 aromatic heterocycles. The van der Waals surface area contributed by atoms with Crippen LogP contribution >= 0.6 is 0 Å². The Morgan fingerprint density at radius 1 is 1.06 bits per heavy atom. The van der Waals surface area contributed by atoms with E-state index in [2.05, 4.69) is 0 Å². The summed E-state index contributed by atoms with van der Waals surface area (Å²) in [5.41, 5.74) is 7.70. The summed E-state index contributed by atoms with van der Waals surface area (Å²) in [7, 11) is 0. The molecule has 0 heterocycles. The first-order valence-electron chi connectivity index (χ1n) is 5.23. The molecule has 0 atom stereocenters. The molecule has 2 aromatic carbocycles. The van der Waals surface area contributed by atoms with Crippen LogP contribution < -0.4 is 10.5 Å². The van der Waals surface area contributed by atoms with E-state index in [1.807, 2.05) is 37.3 Å². The fraction of sp³-hybridized carbons (Fsp3) is 0.0714. The predicted molar refractivity (Wildman–Crippen MR) is 66.8 cm³/mol. The maximum Gasteiger partial charge on any atom is 0.128 e. The zero-order chi connectivity index (χ0) is 12.3. The summed E-state index contributed by atoms with van der Waals surface area (Å²) in [6.07, 6.45) is 0. The van der Waals surface area contributed by atoms with Crippen LogP contribution in [-0.4, -0.2) is 0 Å². The van der Waals surface area contributed by atoms with E-state index in [1.165, 1.54) is 5.56 Å². The number of nitrogen functional groups attached to an aromatic ring is 1. The molecular formula is C14H12N2O. The van der Waals surface area contributed by atoms with Crippen molar-refractivity contribution < 1.29 is 4.74 Å². The quantitative estimate of drug-likeness (QED) is 0.796. The monoisotopic (exact) mass is 224 g/mol. The number of ether oxygens (including phenoxy) is 1. The average molecular weight is 224 g/mol. The van der Waals surface area contributed by atoms with Gasteiger partial charge in [0.2, 0.25) is 0 Å². The van der Waals surface area contributed by atoms with Gasteiger partial charge < -0.3 is 10.5 Å². The normalized spacial score (nSPS) is 9.65. The molecule has 0 aliphatic heterocycles. The minimum absolute atomic E-state index is 0.426. The Hall–Kier alpha value is -2.47. The van der Waals surface area contributed by atoms with E-state index in [0.29, 0.717) is 17.0 Å². The lowest BCUT2D eigenvalue weighted by Gasteiger charge is -2.07. The summed E-state index contributed by atoms with van der Waals surface area (Å²) in [6, 6.07) is 14.8. The molecule has 2 rings (SSSR count). The SMILES string of the molecule is Cc1ccc(Oc2ccc(N)c(C#N)c2)cc1. The van der Waals surface area contributed by atoms with Crippen LogP contribution in [-0.2, 0) is 0 Å². The third-order valence-electron chi connectivity index (χ3n) is 2.40. The Kier molecular flexibility index (Phi) is 2.97. The Morgan fingerprint density at radius 3 is 2.35 bits per heavy atom. The Morgan fingerprint density at radius 2 is 1.71 bits per heavy atom. The maximum atomic E-state index is 8.86. The molecule has 0 fully saturated rings. The van der Waals surface area contributed by atoms with Gasteiger partial charge in [0.05, 0.1) is 5.56 Å². The average Bonchev–Trinajstić information content (AvgIpc) is 2.34. The molecule has 0 unspecified atom stereocenters. The zero-order valence-corrected chi connectivity index (χ0v) is 9.47. The van der Waals surface area contributed by atoms with Crippen molar-refractivity contribution in [2.24, 2.45) is 0 Å². The Bertz CT molecular complexity index is 568. The summed E-state index contributed by atoms with van der Waals surface area (Å²) in [6.45, 7) is 2.01. The number of rotatable bonds is 2. The number of anilines is 1. The highest BCUT2D eigenvalue weighted by molar-refractivity contribution is 5.57. The Balaban J connectivity index is 2.25. The molecule has 17 heavy (non-hydrogen) atoms. The lowest BCUT2D eigenvalue weighted by Crippen LogP contribution is -1.91. The summed E-state index contributed by atoms with van der Waals surface area (Å²) >= 11 is 0. The van der Waals surface area contributed by atoms with Crippen molar-refractivity contribution in [2.75, 3.05) is 5.73 Å².